The van der Waals surface area contributed by atoms with E-state index in [1.807, 2.05) is 37.3 Å². The Hall–Kier alpha value is -2.89. The number of pyridine rings is 1. The maximum atomic E-state index is 13.1. The standard InChI is InChI=1S/C24H22FNO3/c1-16-10-19(13-27)23(26-12-16)18-4-6-20(7-5-18)24(14-29-15-24)22(28)11-17-2-8-21(25)9-3-17/h2-10,12,27H,11,13-15H2,1H3. The molecule has 0 unspecified atom stereocenters. The van der Waals surface area contributed by atoms with E-state index >= 15 is 0 Å². The quantitative estimate of drug-likeness (QED) is 0.695. The molecule has 1 aromatic heterocycles. The summed E-state index contributed by atoms with van der Waals surface area (Å²) < 4.78 is 18.5. The predicted octanol–water partition coefficient (Wildman–Crippen LogP) is 3.77. The lowest BCUT2D eigenvalue weighted by atomic mass is 9.73. The van der Waals surface area contributed by atoms with Crippen molar-refractivity contribution in [3.8, 4) is 11.3 Å². The van der Waals surface area contributed by atoms with Crippen molar-refractivity contribution in [1.29, 1.82) is 0 Å². The summed E-state index contributed by atoms with van der Waals surface area (Å²) in [6, 6.07) is 15.7. The zero-order valence-corrected chi connectivity index (χ0v) is 16.2. The highest BCUT2D eigenvalue weighted by Gasteiger charge is 2.46. The summed E-state index contributed by atoms with van der Waals surface area (Å²) in [5.41, 5.74) is 4.40. The van der Waals surface area contributed by atoms with Gasteiger partial charge in [0.15, 0.2) is 5.78 Å². The summed E-state index contributed by atoms with van der Waals surface area (Å²) in [7, 11) is 0. The van der Waals surface area contributed by atoms with Crippen LogP contribution in [-0.2, 0) is 28.0 Å². The van der Waals surface area contributed by atoms with Gasteiger partial charge in [-0.25, -0.2) is 4.39 Å². The fraction of sp³-hybridized carbons (Fsp3) is 0.250. The number of benzene rings is 2. The number of ketones is 1. The number of carbonyl (C=O) groups excluding carboxylic acids is 1. The number of carbonyl (C=O) groups is 1. The third-order valence-corrected chi connectivity index (χ3v) is 5.49. The van der Waals surface area contributed by atoms with Gasteiger partial charge in [0.1, 0.15) is 11.2 Å². The summed E-state index contributed by atoms with van der Waals surface area (Å²) >= 11 is 0. The Bertz CT molecular complexity index is 1020. The molecule has 148 valence electrons. The van der Waals surface area contributed by atoms with E-state index in [-0.39, 0.29) is 24.6 Å². The molecule has 1 fully saturated rings. The minimum Gasteiger partial charge on any atom is -0.392 e. The van der Waals surface area contributed by atoms with Gasteiger partial charge in [-0.1, -0.05) is 42.5 Å². The second kappa shape index (κ2) is 7.85. The maximum Gasteiger partial charge on any atom is 0.152 e. The van der Waals surface area contributed by atoms with Crippen molar-refractivity contribution < 1.29 is 19.0 Å². The van der Waals surface area contributed by atoms with Crippen LogP contribution in [0.2, 0.25) is 0 Å². The number of aromatic nitrogens is 1. The normalized spacial score (nSPS) is 15.0. The molecule has 5 heteroatoms. The van der Waals surface area contributed by atoms with Crippen LogP contribution in [0, 0.1) is 12.7 Å². The largest absolute Gasteiger partial charge is 0.392 e. The molecule has 1 aliphatic rings. The van der Waals surface area contributed by atoms with Crippen LogP contribution in [0.25, 0.3) is 11.3 Å². The Morgan fingerprint density at radius 2 is 1.83 bits per heavy atom. The van der Waals surface area contributed by atoms with E-state index in [1.165, 1.54) is 12.1 Å². The van der Waals surface area contributed by atoms with E-state index in [0.717, 1.165) is 33.5 Å². The monoisotopic (exact) mass is 391 g/mol. The second-order valence-corrected chi connectivity index (χ2v) is 7.56. The van der Waals surface area contributed by atoms with Crippen LogP contribution >= 0.6 is 0 Å². The van der Waals surface area contributed by atoms with Crippen LogP contribution in [0.3, 0.4) is 0 Å². The third kappa shape index (κ3) is 3.71. The molecular formula is C24H22FNO3. The number of aryl methyl sites for hydroxylation is 1. The lowest BCUT2D eigenvalue weighted by molar-refractivity contribution is -0.142. The van der Waals surface area contributed by atoms with Gasteiger partial charge in [-0.15, -0.1) is 0 Å². The van der Waals surface area contributed by atoms with E-state index < -0.39 is 5.41 Å². The van der Waals surface area contributed by atoms with Crippen molar-refractivity contribution in [3.63, 3.8) is 0 Å². The molecule has 2 aromatic carbocycles. The van der Waals surface area contributed by atoms with Crippen LogP contribution in [-0.4, -0.2) is 29.1 Å². The molecular weight excluding hydrogens is 369 g/mol. The predicted molar refractivity (Wildman–Crippen MR) is 108 cm³/mol. The molecule has 4 nitrogen and oxygen atoms in total. The molecule has 4 rings (SSSR count). The average molecular weight is 391 g/mol. The molecule has 1 saturated heterocycles. The first-order valence-corrected chi connectivity index (χ1v) is 9.55. The molecule has 3 aromatic rings. The zero-order chi connectivity index (χ0) is 20.4. The lowest BCUT2D eigenvalue weighted by Crippen LogP contribution is -2.53. The maximum absolute atomic E-state index is 13.1. The number of hydrogen-bond acceptors (Lipinski definition) is 4. The second-order valence-electron chi connectivity index (χ2n) is 7.56. The van der Waals surface area contributed by atoms with Gasteiger partial charge >= 0.3 is 0 Å². The van der Waals surface area contributed by atoms with E-state index in [1.54, 1.807) is 18.3 Å². The molecule has 0 spiro atoms. The average Bonchev–Trinajstić information content (AvgIpc) is 2.69. The highest BCUT2D eigenvalue weighted by atomic mass is 19.1. The molecule has 0 bridgehead atoms. The van der Waals surface area contributed by atoms with Gasteiger partial charge in [-0.3, -0.25) is 9.78 Å². The number of Topliss-reactive ketones (excluding diaryl/α,β-unsaturated/α-hetero) is 1. The summed E-state index contributed by atoms with van der Waals surface area (Å²) in [6.07, 6.45) is 2.01. The molecule has 0 saturated carbocycles. The van der Waals surface area contributed by atoms with Crippen molar-refractivity contribution >= 4 is 5.78 Å². The van der Waals surface area contributed by atoms with Gasteiger partial charge in [-0.05, 0) is 35.7 Å². The molecule has 0 atom stereocenters. The molecule has 1 N–H and O–H groups in total. The van der Waals surface area contributed by atoms with Crippen molar-refractivity contribution in [1.82, 2.24) is 4.98 Å². The fourth-order valence-electron chi connectivity index (χ4n) is 3.71. The van der Waals surface area contributed by atoms with Crippen LogP contribution in [0.15, 0.2) is 60.8 Å². The van der Waals surface area contributed by atoms with Gasteiger partial charge in [-0.2, -0.15) is 0 Å². The lowest BCUT2D eigenvalue weighted by Gasteiger charge is -2.40. The number of hydrogen-bond donors (Lipinski definition) is 1. The van der Waals surface area contributed by atoms with Gasteiger partial charge < -0.3 is 9.84 Å². The van der Waals surface area contributed by atoms with Crippen LogP contribution in [0.1, 0.15) is 22.3 Å². The first-order chi connectivity index (χ1) is 14.0. The minimum atomic E-state index is -0.673. The fourth-order valence-corrected chi connectivity index (χ4v) is 3.71. The first-order valence-electron chi connectivity index (χ1n) is 9.55. The Morgan fingerprint density at radius 1 is 1.14 bits per heavy atom. The third-order valence-electron chi connectivity index (χ3n) is 5.49. The topological polar surface area (TPSA) is 59.4 Å². The van der Waals surface area contributed by atoms with Gasteiger partial charge in [0.2, 0.25) is 0 Å². The van der Waals surface area contributed by atoms with Crippen LogP contribution in [0.5, 0.6) is 0 Å². The number of rotatable bonds is 6. The van der Waals surface area contributed by atoms with E-state index in [2.05, 4.69) is 4.98 Å². The number of ether oxygens (including phenoxy) is 1. The van der Waals surface area contributed by atoms with Crippen molar-refractivity contribution in [3.05, 3.63) is 88.9 Å². The SMILES string of the molecule is Cc1cnc(-c2ccc(C3(C(=O)Cc4ccc(F)cc4)COC3)cc2)c(CO)c1. The van der Waals surface area contributed by atoms with Crippen molar-refractivity contribution in [2.45, 2.75) is 25.4 Å². The van der Waals surface area contributed by atoms with E-state index in [0.29, 0.717) is 13.2 Å². The van der Waals surface area contributed by atoms with Gasteiger partial charge in [0.05, 0.1) is 25.5 Å². The molecule has 0 aliphatic carbocycles. The molecule has 2 heterocycles. The molecule has 29 heavy (non-hydrogen) atoms. The van der Waals surface area contributed by atoms with E-state index in [9.17, 15) is 14.3 Å². The Balaban J connectivity index is 1.60. The summed E-state index contributed by atoms with van der Waals surface area (Å²) in [5.74, 6) is -0.252. The Morgan fingerprint density at radius 3 is 2.41 bits per heavy atom. The summed E-state index contributed by atoms with van der Waals surface area (Å²) in [5, 5.41) is 9.64. The smallest absolute Gasteiger partial charge is 0.152 e. The van der Waals surface area contributed by atoms with E-state index in [4.69, 9.17) is 4.74 Å². The van der Waals surface area contributed by atoms with Crippen molar-refractivity contribution in [2.75, 3.05) is 13.2 Å². The van der Waals surface area contributed by atoms with Crippen LogP contribution < -0.4 is 0 Å². The molecule has 1 aliphatic heterocycles. The van der Waals surface area contributed by atoms with Gasteiger partial charge in [0.25, 0.3) is 0 Å². The highest BCUT2D eigenvalue weighted by Crippen LogP contribution is 2.36. The number of halogens is 1. The summed E-state index contributed by atoms with van der Waals surface area (Å²) in [6.45, 7) is 2.54. The number of aliphatic hydroxyl groups is 1. The number of nitrogens with zero attached hydrogens (tertiary/aromatic N) is 1. The zero-order valence-electron chi connectivity index (χ0n) is 16.2. The molecule has 0 radical (unpaired) electrons. The first kappa shape index (κ1) is 19.4. The minimum absolute atomic E-state index is 0.0626. The summed E-state index contributed by atoms with van der Waals surface area (Å²) in [4.78, 5) is 17.5. The van der Waals surface area contributed by atoms with Crippen LogP contribution in [0.4, 0.5) is 4.39 Å². The number of aliphatic hydroxyl groups excluding tert-OH is 1. The Labute approximate surface area is 169 Å². The Kier molecular flexibility index (Phi) is 5.26. The van der Waals surface area contributed by atoms with Gasteiger partial charge in [0, 0.05) is 23.7 Å². The molecule has 0 amide bonds. The highest BCUT2D eigenvalue weighted by molar-refractivity contribution is 5.93. The van der Waals surface area contributed by atoms with Crippen molar-refractivity contribution in [2.24, 2.45) is 0 Å².